The molecule has 2 heterocycles. The van der Waals surface area contributed by atoms with E-state index in [4.69, 9.17) is 4.99 Å². The number of rotatable bonds is 6. The Bertz CT molecular complexity index is 379. The largest absolute Gasteiger partial charge is 0.357 e. The Balaban J connectivity index is 2.06. The monoisotopic (exact) mass is 337 g/mol. The second-order valence-corrected chi connectivity index (χ2v) is 8.05. The Labute approximate surface area is 149 Å². The molecule has 2 rings (SSSR count). The molecule has 2 aliphatic rings. The van der Waals surface area contributed by atoms with E-state index in [0.717, 1.165) is 25.6 Å². The molecule has 0 atom stereocenters. The summed E-state index contributed by atoms with van der Waals surface area (Å²) in [6.45, 7) is 14.4. The SMILES string of the molecule is CCNC(=NCC1(N2CCCCC2)CCN(C)CC1)NCC(C)C. The Morgan fingerprint density at radius 3 is 2.29 bits per heavy atom. The Kier molecular flexibility index (Phi) is 7.82. The van der Waals surface area contributed by atoms with Gasteiger partial charge < -0.3 is 15.5 Å². The van der Waals surface area contributed by atoms with Crippen LogP contribution in [0.5, 0.6) is 0 Å². The van der Waals surface area contributed by atoms with Gasteiger partial charge in [-0.25, -0.2) is 0 Å². The maximum atomic E-state index is 5.02. The molecule has 0 radical (unpaired) electrons. The third-order valence-electron chi connectivity index (χ3n) is 5.50. The van der Waals surface area contributed by atoms with Crippen molar-refractivity contribution in [3.8, 4) is 0 Å². The molecule has 2 N–H and O–H groups in total. The van der Waals surface area contributed by atoms with Crippen LogP contribution in [0.1, 0.15) is 52.9 Å². The lowest BCUT2D eigenvalue weighted by Crippen LogP contribution is -2.58. The predicted octanol–water partition coefficient (Wildman–Crippen LogP) is 2.15. The highest BCUT2D eigenvalue weighted by atomic mass is 15.3. The van der Waals surface area contributed by atoms with E-state index in [9.17, 15) is 0 Å². The third-order valence-corrected chi connectivity index (χ3v) is 5.50. The van der Waals surface area contributed by atoms with Crippen LogP contribution in [0.4, 0.5) is 0 Å². The summed E-state index contributed by atoms with van der Waals surface area (Å²) in [5, 5.41) is 6.92. The molecule has 0 unspecified atom stereocenters. The highest BCUT2D eigenvalue weighted by Crippen LogP contribution is 2.31. The highest BCUT2D eigenvalue weighted by Gasteiger charge is 2.39. The van der Waals surface area contributed by atoms with Gasteiger partial charge in [-0.3, -0.25) is 9.89 Å². The van der Waals surface area contributed by atoms with Gasteiger partial charge in [-0.2, -0.15) is 0 Å². The number of hydrogen-bond acceptors (Lipinski definition) is 3. The van der Waals surface area contributed by atoms with E-state index in [1.807, 2.05) is 0 Å². The molecule has 0 saturated carbocycles. The van der Waals surface area contributed by atoms with Crippen LogP contribution in [-0.4, -0.2) is 74.2 Å². The lowest BCUT2D eigenvalue weighted by atomic mass is 9.84. The number of aliphatic imine (C=N–C) groups is 1. The van der Waals surface area contributed by atoms with Gasteiger partial charge in [0.05, 0.1) is 6.54 Å². The fourth-order valence-corrected chi connectivity index (χ4v) is 3.85. The van der Waals surface area contributed by atoms with Crippen LogP contribution < -0.4 is 10.6 Å². The fraction of sp³-hybridized carbons (Fsp3) is 0.947. The normalized spacial score (nSPS) is 23.5. The zero-order chi connectivity index (χ0) is 17.4. The summed E-state index contributed by atoms with van der Waals surface area (Å²) in [4.78, 5) is 10.2. The van der Waals surface area contributed by atoms with Crippen molar-refractivity contribution in [3.05, 3.63) is 0 Å². The van der Waals surface area contributed by atoms with Gasteiger partial charge in [-0.05, 0) is 71.8 Å². The minimum absolute atomic E-state index is 0.271. The summed E-state index contributed by atoms with van der Waals surface area (Å²) < 4.78 is 0. The van der Waals surface area contributed by atoms with E-state index in [1.165, 1.54) is 58.3 Å². The van der Waals surface area contributed by atoms with Crippen LogP contribution in [0, 0.1) is 5.92 Å². The topological polar surface area (TPSA) is 42.9 Å². The number of hydrogen-bond donors (Lipinski definition) is 2. The van der Waals surface area contributed by atoms with Gasteiger partial charge >= 0.3 is 0 Å². The van der Waals surface area contributed by atoms with Gasteiger partial charge in [0.1, 0.15) is 0 Å². The van der Waals surface area contributed by atoms with Crippen LogP contribution in [-0.2, 0) is 0 Å². The first kappa shape index (κ1) is 19.5. The minimum Gasteiger partial charge on any atom is -0.357 e. The van der Waals surface area contributed by atoms with Crippen LogP contribution in [0.25, 0.3) is 0 Å². The molecule has 0 bridgehead atoms. The molecule has 5 nitrogen and oxygen atoms in total. The molecule has 2 aliphatic heterocycles. The molecule has 0 aromatic carbocycles. The molecule has 2 saturated heterocycles. The first-order valence-electron chi connectivity index (χ1n) is 10.0. The lowest BCUT2D eigenvalue weighted by molar-refractivity contribution is 0.0208. The minimum atomic E-state index is 0.271. The molecule has 0 aliphatic carbocycles. The second kappa shape index (κ2) is 9.62. The van der Waals surface area contributed by atoms with Gasteiger partial charge in [0.2, 0.25) is 0 Å². The second-order valence-electron chi connectivity index (χ2n) is 8.05. The molecule has 2 fully saturated rings. The first-order chi connectivity index (χ1) is 11.6. The van der Waals surface area contributed by atoms with E-state index in [1.54, 1.807) is 0 Å². The highest BCUT2D eigenvalue weighted by molar-refractivity contribution is 5.79. The smallest absolute Gasteiger partial charge is 0.191 e. The summed E-state index contributed by atoms with van der Waals surface area (Å²) in [7, 11) is 2.25. The number of guanidine groups is 1. The van der Waals surface area contributed by atoms with E-state index < -0.39 is 0 Å². The van der Waals surface area contributed by atoms with E-state index in [0.29, 0.717) is 5.92 Å². The molecule has 24 heavy (non-hydrogen) atoms. The van der Waals surface area contributed by atoms with Gasteiger partial charge in [0.15, 0.2) is 5.96 Å². The molecule has 0 aromatic rings. The standard InChI is InChI=1S/C19H39N5/c1-5-20-18(21-15-17(2)3)22-16-19(9-13-23(4)14-10-19)24-11-7-6-8-12-24/h17H,5-16H2,1-4H3,(H2,20,21,22). The molecule has 0 aromatic heterocycles. The number of nitrogens with one attached hydrogen (secondary N) is 2. The molecular weight excluding hydrogens is 298 g/mol. The molecule has 140 valence electrons. The van der Waals surface area contributed by atoms with Crippen molar-refractivity contribution in [3.63, 3.8) is 0 Å². The van der Waals surface area contributed by atoms with E-state index in [2.05, 4.69) is 48.3 Å². The zero-order valence-corrected chi connectivity index (χ0v) is 16.4. The van der Waals surface area contributed by atoms with Gasteiger partial charge in [-0.15, -0.1) is 0 Å². The molecule has 0 spiro atoms. The van der Waals surface area contributed by atoms with E-state index >= 15 is 0 Å². The average Bonchev–Trinajstić information content (AvgIpc) is 2.60. The quantitative estimate of drug-likeness (QED) is 0.576. The van der Waals surface area contributed by atoms with Crippen LogP contribution in [0.15, 0.2) is 4.99 Å². The van der Waals surface area contributed by atoms with E-state index in [-0.39, 0.29) is 5.54 Å². The summed E-state index contributed by atoms with van der Waals surface area (Å²) in [5.41, 5.74) is 0.271. The Hall–Kier alpha value is -0.810. The lowest BCUT2D eigenvalue weighted by Gasteiger charge is -2.49. The Morgan fingerprint density at radius 1 is 1.04 bits per heavy atom. The van der Waals surface area contributed by atoms with Gasteiger partial charge in [0, 0.05) is 18.6 Å². The first-order valence-corrected chi connectivity index (χ1v) is 10.0. The summed E-state index contributed by atoms with van der Waals surface area (Å²) >= 11 is 0. The van der Waals surface area contributed by atoms with Crippen molar-refractivity contribution in [2.75, 3.05) is 52.9 Å². The number of piperidine rings is 2. The third kappa shape index (κ3) is 5.62. The molecule has 5 heteroatoms. The maximum Gasteiger partial charge on any atom is 0.191 e. The zero-order valence-electron chi connectivity index (χ0n) is 16.4. The fourth-order valence-electron chi connectivity index (χ4n) is 3.85. The van der Waals surface area contributed by atoms with Crippen molar-refractivity contribution >= 4 is 5.96 Å². The van der Waals surface area contributed by atoms with Crippen LogP contribution >= 0.6 is 0 Å². The average molecular weight is 338 g/mol. The van der Waals surface area contributed by atoms with Crippen molar-refractivity contribution in [1.29, 1.82) is 0 Å². The van der Waals surface area contributed by atoms with Gasteiger partial charge in [0.25, 0.3) is 0 Å². The maximum absolute atomic E-state index is 5.02. The van der Waals surface area contributed by atoms with Crippen molar-refractivity contribution in [1.82, 2.24) is 20.4 Å². The number of nitrogens with zero attached hydrogens (tertiary/aromatic N) is 3. The summed E-state index contributed by atoms with van der Waals surface area (Å²) in [5.74, 6) is 1.62. The Morgan fingerprint density at radius 2 is 1.71 bits per heavy atom. The predicted molar refractivity (Wildman–Crippen MR) is 104 cm³/mol. The van der Waals surface area contributed by atoms with Crippen molar-refractivity contribution < 1.29 is 0 Å². The van der Waals surface area contributed by atoms with Gasteiger partial charge in [-0.1, -0.05) is 20.3 Å². The van der Waals surface area contributed by atoms with Crippen molar-refractivity contribution in [2.24, 2.45) is 10.9 Å². The number of likely N-dealkylation sites (tertiary alicyclic amines) is 2. The van der Waals surface area contributed by atoms with Crippen LogP contribution in [0.2, 0.25) is 0 Å². The molecule has 0 amide bonds. The molecular formula is C19H39N5. The van der Waals surface area contributed by atoms with Crippen molar-refractivity contribution in [2.45, 2.75) is 58.4 Å². The summed E-state index contributed by atoms with van der Waals surface area (Å²) in [6.07, 6.45) is 6.60. The van der Waals surface area contributed by atoms with Crippen LogP contribution in [0.3, 0.4) is 0 Å². The summed E-state index contributed by atoms with van der Waals surface area (Å²) in [6, 6.07) is 0.